The van der Waals surface area contributed by atoms with E-state index in [1.165, 1.54) is 16.5 Å². The third-order valence-corrected chi connectivity index (χ3v) is 7.25. The summed E-state index contributed by atoms with van der Waals surface area (Å²) in [6.07, 6.45) is 7.54. The zero-order chi connectivity index (χ0) is 21.9. The molecule has 0 spiro atoms. The van der Waals surface area contributed by atoms with E-state index in [0.717, 1.165) is 24.1 Å². The standard InChI is InChI=1S/C24H33N3O2S/c1-18(2)30(28,29)26-14-10-21-17-27(15-11-24(3,4)5)23-16-20(6-7-22(21)23)19-8-12-25-13-9-19/h6-9,12-13,16-18,26H,10-11,14-15H2,1-5H3. The van der Waals surface area contributed by atoms with E-state index in [0.29, 0.717) is 13.0 Å². The zero-order valence-electron chi connectivity index (χ0n) is 18.6. The molecule has 0 saturated carbocycles. The third-order valence-electron chi connectivity index (χ3n) is 5.40. The minimum atomic E-state index is -3.25. The van der Waals surface area contributed by atoms with E-state index in [4.69, 9.17) is 0 Å². The molecule has 30 heavy (non-hydrogen) atoms. The monoisotopic (exact) mass is 427 g/mol. The van der Waals surface area contributed by atoms with Crippen molar-refractivity contribution < 1.29 is 8.42 Å². The quantitative estimate of drug-likeness (QED) is 0.550. The number of nitrogens with zero attached hydrogens (tertiary/aromatic N) is 2. The fourth-order valence-corrected chi connectivity index (χ4v) is 4.15. The van der Waals surface area contributed by atoms with Gasteiger partial charge in [0.1, 0.15) is 0 Å². The Hall–Kier alpha value is -2.18. The van der Waals surface area contributed by atoms with Crippen LogP contribution in [0.25, 0.3) is 22.0 Å². The average Bonchev–Trinajstić information content (AvgIpc) is 3.03. The molecule has 0 unspecified atom stereocenters. The summed E-state index contributed by atoms with van der Waals surface area (Å²) in [5.74, 6) is 0. The molecule has 0 atom stereocenters. The van der Waals surface area contributed by atoms with Crippen LogP contribution in [0.3, 0.4) is 0 Å². The molecule has 0 aliphatic rings. The lowest BCUT2D eigenvalue weighted by Crippen LogP contribution is -2.32. The fourth-order valence-electron chi connectivity index (χ4n) is 3.43. The predicted octanol–water partition coefficient (Wildman–Crippen LogP) is 5.01. The lowest BCUT2D eigenvalue weighted by atomic mass is 9.92. The largest absolute Gasteiger partial charge is 0.347 e. The molecule has 5 nitrogen and oxygen atoms in total. The van der Waals surface area contributed by atoms with Gasteiger partial charge < -0.3 is 4.57 Å². The predicted molar refractivity (Wildman–Crippen MR) is 125 cm³/mol. The van der Waals surface area contributed by atoms with Crippen LogP contribution in [0.15, 0.2) is 48.9 Å². The molecule has 0 aliphatic carbocycles. The molecule has 2 aromatic heterocycles. The third kappa shape index (κ3) is 5.49. The Balaban J connectivity index is 1.93. The van der Waals surface area contributed by atoms with Gasteiger partial charge in [0, 0.05) is 42.6 Å². The molecule has 0 aliphatic heterocycles. The summed E-state index contributed by atoms with van der Waals surface area (Å²) in [5.41, 5.74) is 4.91. The van der Waals surface area contributed by atoms with Gasteiger partial charge in [0.2, 0.25) is 10.0 Å². The number of benzene rings is 1. The van der Waals surface area contributed by atoms with Gasteiger partial charge in [-0.15, -0.1) is 0 Å². The Morgan fingerprint density at radius 2 is 1.77 bits per heavy atom. The van der Waals surface area contributed by atoms with E-state index in [9.17, 15) is 8.42 Å². The second-order valence-electron chi connectivity index (χ2n) is 9.36. The molecule has 3 rings (SSSR count). The maximum absolute atomic E-state index is 12.1. The molecule has 1 aromatic carbocycles. The highest BCUT2D eigenvalue weighted by Crippen LogP contribution is 2.29. The van der Waals surface area contributed by atoms with Gasteiger partial charge in [0.15, 0.2) is 0 Å². The Kier molecular flexibility index (Phi) is 6.68. The van der Waals surface area contributed by atoms with Crippen LogP contribution in [-0.4, -0.2) is 29.8 Å². The van der Waals surface area contributed by atoms with Gasteiger partial charge in [-0.1, -0.05) is 32.9 Å². The van der Waals surface area contributed by atoms with E-state index in [1.807, 2.05) is 24.5 Å². The van der Waals surface area contributed by atoms with Crippen LogP contribution in [0.2, 0.25) is 0 Å². The van der Waals surface area contributed by atoms with Crippen molar-refractivity contribution in [3.05, 3.63) is 54.5 Å². The molecule has 0 amide bonds. The Labute approximate surface area is 180 Å². The molecule has 6 heteroatoms. The number of nitrogens with one attached hydrogen (secondary N) is 1. The highest BCUT2D eigenvalue weighted by atomic mass is 32.2. The number of pyridine rings is 1. The van der Waals surface area contributed by atoms with Gasteiger partial charge >= 0.3 is 0 Å². The minimum Gasteiger partial charge on any atom is -0.347 e. The second kappa shape index (κ2) is 8.90. The fraction of sp³-hybridized carbons (Fsp3) is 0.458. The summed E-state index contributed by atoms with van der Waals surface area (Å²) in [4.78, 5) is 4.12. The first-order chi connectivity index (χ1) is 14.1. The van der Waals surface area contributed by atoms with Crippen LogP contribution in [0.5, 0.6) is 0 Å². The first-order valence-corrected chi connectivity index (χ1v) is 12.1. The molecule has 0 bridgehead atoms. The lowest BCUT2D eigenvalue weighted by molar-refractivity contribution is 0.353. The van der Waals surface area contributed by atoms with Crippen molar-refractivity contribution in [1.29, 1.82) is 0 Å². The molecule has 0 fully saturated rings. The van der Waals surface area contributed by atoms with Crippen molar-refractivity contribution in [1.82, 2.24) is 14.3 Å². The molecule has 3 aromatic rings. The van der Waals surface area contributed by atoms with Gasteiger partial charge in [-0.3, -0.25) is 4.98 Å². The molecular weight excluding hydrogens is 394 g/mol. The SMILES string of the molecule is CC(C)S(=O)(=O)NCCc1cn(CCC(C)(C)C)c2cc(-c3ccncc3)ccc12. The van der Waals surface area contributed by atoms with Gasteiger partial charge in [0.25, 0.3) is 0 Å². The Morgan fingerprint density at radius 3 is 2.40 bits per heavy atom. The van der Waals surface area contributed by atoms with Crippen molar-refractivity contribution in [3.63, 3.8) is 0 Å². The summed E-state index contributed by atoms with van der Waals surface area (Å²) < 4.78 is 29.2. The second-order valence-corrected chi connectivity index (χ2v) is 11.7. The molecule has 1 N–H and O–H groups in total. The van der Waals surface area contributed by atoms with E-state index in [-0.39, 0.29) is 5.41 Å². The molecular formula is C24H33N3O2S. The maximum atomic E-state index is 12.1. The normalized spacial score (nSPS) is 12.7. The summed E-state index contributed by atoms with van der Waals surface area (Å²) in [5, 5.41) is 0.763. The number of hydrogen-bond acceptors (Lipinski definition) is 3. The van der Waals surface area contributed by atoms with Gasteiger partial charge in [0.05, 0.1) is 5.25 Å². The number of fused-ring (bicyclic) bond motifs is 1. The zero-order valence-corrected chi connectivity index (χ0v) is 19.5. The maximum Gasteiger partial charge on any atom is 0.213 e. The van der Waals surface area contributed by atoms with E-state index >= 15 is 0 Å². The first-order valence-electron chi connectivity index (χ1n) is 10.6. The molecule has 2 heterocycles. The Bertz CT molecular complexity index is 1090. The molecule has 0 radical (unpaired) electrons. The molecule has 162 valence electrons. The number of sulfonamides is 1. The van der Waals surface area contributed by atoms with Crippen LogP contribution in [0.4, 0.5) is 0 Å². The smallest absolute Gasteiger partial charge is 0.213 e. The van der Waals surface area contributed by atoms with E-state index in [1.54, 1.807) is 13.8 Å². The number of hydrogen-bond donors (Lipinski definition) is 1. The van der Waals surface area contributed by atoms with Crippen molar-refractivity contribution in [2.75, 3.05) is 6.54 Å². The number of aromatic nitrogens is 2. The first kappa shape index (κ1) is 22.5. The summed E-state index contributed by atoms with van der Waals surface area (Å²) >= 11 is 0. The van der Waals surface area contributed by atoms with Crippen molar-refractivity contribution in [2.45, 2.75) is 59.3 Å². The summed E-state index contributed by atoms with van der Waals surface area (Å²) in [7, 11) is -3.25. The van der Waals surface area contributed by atoms with Crippen LogP contribution in [-0.2, 0) is 23.0 Å². The van der Waals surface area contributed by atoms with Gasteiger partial charge in [-0.2, -0.15) is 0 Å². The van der Waals surface area contributed by atoms with Gasteiger partial charge in [-0.25, -0.2) is 13.1 Å². The number of rotatable bonds is 8. The summed E-state index contributed by atoms with van der Waals surface area (Å²) in [6, 6.07) is 10.6. The van der Waals surface area contributed by atoms with Gasteiger partial charge in [-0.05, 0) is 67.0 Å². The van der Waals surface area contributed by atoms with Crippen molar-refractivity contribution in [3.8, 4) is 11.1 Å². The van der Waals surface area contributed by atoms with Crippen LogP contribution in [0, 0.1) is 5.41 Å². The highest BCUT2D eigenvalue weighted by Gasteiger charge is 2.17. The minimum absolute atomic E-state index is 0.242. The van der Waals surface area contributed by atoms with Crippen LogP contribution >= 0.6 is 0 Å². The number of aryl methyl sites for hydroxylation is 1. The average molecular weight is 428 g/mol. The Morgan fingerprint density at radius 1 is 1.07 bits per heavy atom. The van der Waals surface area contributed by atoms with Crippen molar-refractivity contribution in [2.24, 2.45) is 5.41 Å². The highest BCUT2D eigenvalue weighted by molar-refractivity contribution is 7.90. The van der Waals surface area contributed by atoms with Crippen LogP contribution < -0.4 is 4.72 Å². The summed E-state index contributed by atoms with van der Waals surface area (Å²) in [6.45, 7) is 11.5. The van der Waals surface area contributed by atoms with Crippen molar-refractivity contribution >= 4 is 20.9 Å². The van der Waals surface area contributed by atoms with E-state index < -0.39 is 15.3 Å². The van der Waals surface area contributed by atoms with E-state index in [2.05, 4.69) is 59.4 Å². The molecule has 0 saturated heterocycles. The van der Waals surface area contributed by atoms with Crippen LogP contribution in [0.1, 0.15) is 46.6 Å². The lowest BCUT2D eigenvalue weighted by Gasteiger charge is -2.18. The topological polar surface area (TPSA) is 64.0 Å².